The number of nitrogens with two attached hydrogens (primary N) is 1. The topological polar surface area (TPSA) is 83.7 Å². The average molecular weight is 311 g/mol. The highest BCUT2D eigenvalue weighted by atomic mass is 32.2. The lowest BCUT2D eigenvalue weighted by molar-refractivity contribution is -0.242. The molecule has 19 heavy (non-hydrogen) atoms. The number of piperazine rings is 1. The van der Waals surface area contributed by atoms with Crippen LogP contribution in [0.5, 0.6) is 0 Å². The van der Waals surface area contributed by atoms with E-state index in [4.69, 9.17) is 5.73 Å². The van der Waals surface area contributed by atoms with Crippen LogP contribution in [0.2, 0.25) is 0 Å². The highest BCUT2D eigenvalue weighted by molar-refractivity contribution is 7.90. The predicted octanol–water partition coefficient (Wildman–Crippen LogP) is 0.168. The first-order valence-electron chi connectivity index (χ1n) is 4.90. The van der Waals surface area contributed by atoms with Gasteiger partial charge < -0.3 is 10.6 Å². The number of primary amides is 1. The van der Waals surface area contributed by atoms with Crippen LogP contribution < -0.4 is 5.73 Å². The molecule has 6 nitrogen and oxygen atoms in total. The molecule has 1 rings (SSSR count). The Labute approximate surface area is 105 Å². The molecule has 0 aromatic rings. The first kappa shape index (κ1) is 15.9. The zero-order valence-electron chi connectivity index (χ0n) is 9.32. The van der Waals surface area contributed by atoms with Crippen molar-refractivity contribution in [2.24, 2.45) is 5.73 Å². The molecule has 12 heteroatoms. The van der Waals surface area contributed by atoms with Crippen LogP contribution >= 0.6 is 0 Å². The van der Waals surface area contributed by atoms with Crippen molar-refractivity contribution in [2.75, 3.05) is 26.2 Å². The van der Waals surface area contributed by atoms with E-state index in [2.05, 4.69) is 0 Å². The van der Waals surface area contributed by atoms with Gasteiger partial charge in [-0.25, -0.2) is 13.2 Å². The number of alkyl halides is 5. The van der Waals surface area contributed by atoms with Crippen molar-refractivity contribution in [3.8, 4) is 0 Å². The predicted molar refractivity (Wildman–Crippen MR) is 52.7 cm³/mol. The molecule has 1 aliphatic heterocycles. The molecule has 1 saturated heterocycles. The first-order valence-corrected chi connectivity index (χ1v) is 6.34. The molecule has 0 saturated carbocycles. The molecule has 0 atom stereocenters. The number of nitrogens with zero attached hydrogens (tertiary/aromatic N) is 2. The smallest absolute Gasteiger partial charge is 0.351 e. The molecule has 0 bridgehead atoms. The Bertz CT molecular complexity index is 455. The lowest BCUT2D eigenvalue weighted by Crippen LogP contribution is -2.58. The van der Waals surface area contributed by atoms with Gasteiger partial charge in [0.15, 0.2) is 0 Å². The van der Waals surface area contributed by atoms with Crippen molar-refractivity contribution in [3.63, 3.8) is 0 Å². The van der Waals surface area contributed by atoms with E-state index in [0.29, 0.717) is 0 Å². The van der Waals surface area contributed by atoms with Crippen LogP contribution in [0.4, 0.5) is 26.7 Å². The molecule has 0 aromatic carbocycles. The number of carbonyl (C=O) groups is 1. The standard InChI is InChI=1S/C7H10F5N3O3S/c8-6(9,10)7(11,12)19(17,18)15-3-1-14(2-4-15)5(13)16/h1-4H2,(H2,13,16). The summed E-state index contributed by atoms with van der Waals surface area (Å²) < 4.78 is 84.4. The molecule has 1 heterocycles. The number of carbonyl (C=O) groups excluding carboxylic acids is 1. The summed E-state index contributed by atoms with van der Waals surface area (Å²) in [7, 11) is -5.87. The van der Waals surface area contributed by atoms with Crippen molar-refractivity contribution in [3.05, 3.63) is 0 Å². The lowest BCUT2D eigenvalue weighted by atomic mass is 10.4. The molecule has 0 aromatic heterocycles. The molecular weight excluding hydrogens is 301 g/mol. The monoisotopic (exact) mass is 311 g/mol. The summed E-state index contributed by atoms with van der Waals surface area (Å²) in [4.78, 5) is 11.7. The van der Waals surface area contributed by atoms with Gasteiger partial charge in [0.05, 0.1) is 0 Å². The number of rotatable bonds is 2. The zero-order chi connectivity index (χ0) is 15.1. The van der Waals surface area contributed by atoms with Gasteiger partial charge in [-0.05, 0) is 0 Å². The molecule has 1 aliphatic rings. The molecule has 0 unspecified atom stereocenters. The van der Waals surface area contributed by atoms with Crippen molar-refractivity contribution in [1.29, 1.82) is 0 Å². The summed E-state index contributed by atoms with van der Waals surface area (Å²) in [6, 6.07) is -0.903. The van der Waals surface area contributed by atoms with Crippen LogP contribution in [0.15, 0.2) is 0 Å². The van der Waals surface area contributed by atoms with Crippen molar-refractivity contribution < 1.29 is 35.2 Å². The minimum atomic E-state index is -6.20. The highest BCUT2D eigenvalue weighted by Crippen LogP contribution is 2.41. The maximum Gasteiger partial charge on any atom is 0.470 e. The number of hydrogen-bond acceptors (Lipinski definition) is 3. The van der Waals surface area contributed by atoms with Crippen LogP contribution in [0.3, 0.4) is 0 Å². The third-order valence-corrected chi connectivity index (χ3v) is 4.47. The van der Waals surface area contributed by atoms with Crippen LogP contribution in [0.1, 0.15) is 0 Å². The van der Waals surface area contributed by atoms with E-state index in [-0.39, 0.29) is 17.4 Å². The van der Waals surface area contributed by atoms with Crippen molar-refractivity contribution in [2.45, 2.75) is 11.4 Å². The Morgan fingerprint density at radius 3 is 1.74 bits per heavy atom. The normalized spacial score (nSPS) is 19.5. The molecule has 0 radical (unpaired) electrons. The summed E-state index contributed by atoms with van der Waals surface area (Å²) in [5.41, 5.74) is 4.87. The number of sulfonamides is 1. The maximum absolute atomic E-state index is 12.9. The van der Waals surface area contributed by atoms with Gasteiger partial charge in [-0.2, -0.15) is 26.3 Å². The number of hydrogen-bond donors (Lipinski definition) is 1. The third-order valence-electron chi connectivity index (χ3n) is 2.54. The summed E-state index contributed by atoms with van der Waals surface area (Å²) in [6.07, 6.45) is -6.20. The fourth-order valence-corrected chi connectivity index (χ4v) is 2.72. The van der Waals surface area contributed by atoms with Crippen LogP contribution in [0.25, 0.3) is 0 Å². The Morgan fingerprint density at radius 1 is 1.00 bits per heavy atom. The molecule has 2 N–H and O–H groups in total. The van der Waals surface area contributed by atoms with Crippen LogP contribution in [0, 0.1) is 0 Å². The average Bonchev–Trinajstić information content (AvgIpc) is 2.27. The summed E-state index contributed by atoms with van der Waals surface area (Å²) in [5, 5.41) is -5.87. The van der Waals surface area contributed by atoms with E-state index in [1.165, 1.54) is 0 Å². The minimum Gasteiger partial charge on any atom is -0.351 e. The van der Waals surface area contributed by atoms with Gasteiger partial charge in [-0.15, -0.1) is 0 Å². The molecule has 0 aliphatic carbocycles. The summed E-state index contributed by atoms with van der Waals surface area (Å²) >= 11 is 0. The van der Waals surface area contributed by atoms with E-state index in [0.717, 1.165) is 4.90 Å². The second-order valence-electron chi connectivity index (χ2n) is 3.74. The first-order chi connectivity index (χ1) is 8.41. The molecule has 1 fully saturated rings. The van der Waals surface area contributed by atoms with Gasteiger partial charge in [-0.1, -0.05) is 0 Å². The van der Waals surface area contributed by atoms with E-state index in [1.807, 2.05) is 0 Å². The number of urea groups is 1. The maximum atomic E-state index is 12.9. The highest BCUT2D eigenvalue weighted by Gasteiger charge is 2.69. The van der Waals surface area contributed by atoms with E-state index >= 15 is 0 Å². The quantitative estimate of drug-likeness (QED) is 0.738. The van der Waals surface area contributed by atoms with Gasteiger partial charge in [0, 0.05) is 26.2 Å². The van der Waals surface area contributed by atoms with Gasteiger partial charge in [-0.3, -0.25) is 0 Å². The Morgan fingerprint density at radius 2 is 1.42 bits per heavy atom. The van der Waals surface area contributed by atoms with Gasteiger partial charge in [0.1, 0.15) is 0 Å². The van der Waals surface area contributed by atoms with E-state index < -0.39 is 40.6 Å². The second kappa shape index (κ2) is 4.74. The van der Waals surface area contributed by atoms with Crippen molar-refractivity contribution >= 4 is 16.1 Å². The summed E-state index contributed by atoms with van der Waals surface area (Å²) in [5.74, 6) is 0. The van der Waals surface area contributed by atoms with Crippen LogP contribution in [-0.4, -0.2) is 61.3 Å². The fraction of sp³-hybridized carbons (Fsp3) is 0.857. The third kappa shape index (κ3) is 2.73. The Kier molecular flexibility index (Phi) is 3.96. The SMILES string of the molecule is NC(=O)N1CCN(S(=O)(=O)C(F)(F)C(F)(F)F)CC1. The largest absolute Gasteiger partial charge is 0.470 e. The van der Waals surface area contributed by atoms with Crippen LogP contribution in [-0.2, 0) is 10.0 Å². The fourth-order valence-electron chi connectivity index (χ4n) is 1.46. The number of amides is 2. The van der Waals surface area contributed by atoms with E-state index in [9.17, 15) is 35.2 Å². The lowest BCUT2D eigenvalue weighted by Gasteiger charge is -2.35. The van der Waals surface area contributed by atoms with E-state index in [1.54, 1.807) is 0 Å². The zero-order valence-corrected chi connectivity index (χ0v) is 10.1. The minimum absolute atomic E-state index is 0.0000694. The van der Waals surface area contributed by atoms with Gasteiger partial charge >= 0.3 is 17.5 Å². The molecule has 2 amide bonds. The molecular formula is C7H10F5N3O3S. The molecule has 112 valence electrons. The number of halogens is 5. The second-order valence-corrected chi connectivity index (χ2v) is 5.72. The van der Waals surface area contributed by atoms with Gasteiger partial charge in [0.2, 0.25) is 0 Å². The van der Waals surface area contributed by atoms with Gasteiger partial charge in [0.25, 0.3) is 10.0 Å². The Hall–Kier alpha value is -1.17. The molecule has 0 spiro atoms. The Balaban J connectivity index is 2.90. The summed E-state index contributed by atoms with van der Waals surface area (Å²) in [6.45, 7) is -2.03. The van der Waals surface area contributed by atoms with Crippen molar-refractivity contribution in [1.82, 2.24) is 9.21 Å².